The summed E-state index contributed by atoms with van der Waals surface area (Å²) in [6.07, 6.45) is 3.72. The van der Waals surface area contributed by atoms with Gasteiger partial charge in [-0.2, -0.15) is 0 Å². The Labute approximate surface area is 49.4 Å². The van der Waals surface area contributed by atoms with Crippen molar-refractivity contribution in [1.29, 1.82) is 0 Å². The van der Waals surface area contributed by atoms with E-state index in [2.05, 4.69) is 0 Å². The van der Waals surface area contributed by atoms with E-state index in [4.69, 9.17) is 5.73 Å². The number of hydrogen-bond acceptors (Lipinski definition) is 2. The maximum atomic E-state index is 10.5. The lowest BCUT2D eigenvalue weighted by molar-refractivity contribution is -0.114. The van der Waals surface area contributed by atoms with E-state index in [1.165, 1.54) is 6.08 Å². The third-order valence-corrected chi connectivity index (χ3v) is 0.743. The zero-order valence-corrected chi connectivity index (χ0v) is 5.05. The third-order valence-electron chi connectivity index (χ3n) is 0.743. The second kappa shape index (κ2) is 4.53. The first-order chi connectivity index (χ1) is 3.81. The molecule has 0 saturated heterocycles. The van der Waals surface area contributed by atoms with Crippen molar-refractivity contribution in [3.05, 3.63) is 12.2 Å². The van der Waals surface area contributed by atoms with Crippen LogP contribution in [0.4, 0.5) is 0 Å². The minimum absolute atomic E-state index is 0.106. The van der Waals surface area contributed by atoms with Gasteiger partial charge in [0.25, 0.3) is 0 Å². The minimum atomic E-state index is 0.106. The van der Waals surface area contributed by atoms with Crippen LogP contribution < -0.4 is 5.73 Å². The average Bonchev–Trinajstić information content (AvgIpc) is 1.68. The second-order valence-corrected chi connectivity index (χ2v) is 1.50. The standard InChI is InChI=1S/C6H11NO/c1-2-3-6(8)4-5-7/h2-3H,4-5,7H2,1H3. The molecule has 0 spiro atoms. The normalized spacial score (nSPS) is 10.2. The van der Waals surface area contributed by atoms with Crippen molar-refractivity contribution < 1.29 is 4.79 Å². The van der Waals surface area contributed by atoms with Crippen LogP contribution >= 0.6 is 0 Å². The summed E-state index contributed by atoms with van der Waals surface area (Å²) in [5.74, 6) is 0.106. The summed E-state index contributed by atoms with van der Waals surface area (Å²) in [4.78, 5) is 10.5. The van der Waals surface area contributed by atoms with Crippen molar-refractivity contribution in [1.82, 2.24) is 0 Å². The van der Waals surface area contributed by atoms with E-state index in [-0.39, 0.29) is 5.78 Å². The molecule has 0 fully saturated rings. The lowest BCUT2D eigenvalue weighted by atomic mass is 10.3. The first kappa shape index (κ1) is 7.37. The van der Waals surface area contributed by atoms with Crippen molar-refractivity contribution in [2.75, 3.05) is 6.54 Å². The first-order valence-corrected chi connectivity index (χ1v) is 2.67. The van der Waals surface area contributed by atoms with E-state index < -0.39 is 0 Å². The molecule has 0 aromatic rings. The van der Waals surface area contributed by atoms with E-state index in [0.29, 0.717) is 13.0 Å². The topological polar surface area (TPSA) is 43.1 Å². The van der Waals surface area contributed by atoms with E-state index in [1.54, 1.807) is 6.08 Å². The van der Waals surface area contributed by atoms with Gasteiger partial charge in [0.1, 0.15) is 0 Å². The van der Waals surface area contributed by atoms with E-state index in [1.807, 2.05) is 6.92 Å². The molecule has 0 aromatic heterocycles. The number of hydrogen-bond donors (Lipinski definition) is 1. The highest BCUT2D eigenvalue weighted by Gasteiger charge is 1.89. The van der Waals surface area contributed by atoms with Gasteiger partial charge in [0, 0.05) is 6.42 Å². The van der Waals surface area contributed by atoms with Gasteiger partial charge in [0.15, 0.2) is 5.78 Å². The molecule has 2 N–H and O–H groups in total. The van der Waals surface area contributed by atoms with Gasteiger partial charge < -0.3 is 5.73 Å². The molecule has 0 aliphatic carbocycles. The van der Waals surface area contributed by atoms with Crippen LogP contribution in [0.1, 0.15) is 13.3 Å². The van der Waals surface area contributed by atoms with Crippen LogP contribution in [0.2, 0.25) is 0 Å². The molecular weight excluding hydrogens is 102 g/mol. The molecule has 2 nitrogen and oxygen atoms in total. The Morgan fingerprint density at radius 1 is 1.75 bits per heavy atom. The monoisotopic (exact) mass is 113 g/mol. The van der Waals surface area contributed by atoms with E-state index in [0.717, 1.165) is 0 Å². The number of carbonyl (C=O) groups is 1. The summed E-state index contributed by atoms with van der Waals surface area (Å²) in [6, 6.07) is 0. The lowest BCUT2D eigenvalue weighted by Crippen LogP contribution is -2.04. The summed E-state index contributed by atoms with van der Waals surface area (Å²) in [5, 5.41) is 0. The van der Waals surface area contributed by atoms with Gasteiger partial charge in [0.05, 0.1) is 0 Å². The van der Waals surface area contributed by atoms with Crippen molar-refractivity contribution in [2.24, 2.45) is 5.73 Å². The highest BCUT2D eigenvalue weighted by atomic mass is 16.1. The fourth-order valence-corrected chi connectivity index (χ4v) is 0.411. The summed E-state index contributed by atoms with van der Waals surface area (Å²) >= 11 is 0. The molecule has 0 unspecified atom stereocenters. The molecule has 0 bridgehead atoms. The van der Waals surface area contributed by atoms with Crippen LogP contribution in [0.3, 0.4) is 0 Å². The Morgan fingerprint density at radius 3 is 2.75 bits per heavy atom. The smallest absolute Gasteiger partial charge is 0.156 e. The van der Waals surface area contributed by atoms with Crippen LogP contribution in [0, 0.1) is 0 Å². The van der Waals surface area contributed by atoms with Crippen LogP contribution in [0.5, 0.6) is 0 Å². The van der Waals surface area contributed by atoms with E-state index >= 15 is 0 Å². The molecule has 0 aliphatic heterocycles. The fraction of sp³-hybridized carbons (Fsp3) is 0.500. The molecule has 0 aromatic carbocycles. The molecule has 0 heterocycles. The SMILES string of the molecule is CC=CC(=O)CCN. The number of nitrogens with two attached hydrogens (primary N) is 1. The van der Waals surface area contributed by atoms with Gasteiger partial charge in [-0.1, -0.05) is 6.08 Å². The van der Waals surface area contributed by atoms with Crippen LogP contribution in [-0.4, -0.2) is 12.3 Å². The Morgan fingerprint density at radius 2 is 2.38 bits per heavy atom. The predicted molar refractivity (Wildman–Crippen MR) is 33.5 cm³/mol. The van der Waals surface area contributed by atoms with Gasteiger partial charge in [-0.05, 0) is 19.5 Å². The Kier molecular flexibility index (Phi) is 4.17. The summed E-state index contributed by atoms with van der Waals surface area (Å²) in [7, 11) is 0. The molecular formula is C6H11NO. The van der Waals surface area contributed by atoms with E-state index in [9.17, 15) is 4.79 Å². The van der Waals surface area contributed by atoms with Crippen LogP contribution in [0.25, 0.3) is 0 Å². The maximum absolute atomic E-state index is 10.5. The zero-order valence-electron chi connectivity index (χ0n) is 5.05. The molecule has 0 rings (SSSR count). The second-order valence-electron chi connectivity index (χ2n) is 1.50. The highest BCUT2D eigenvalue weighted by Crippen LogP contribution is 1.80. The Bertz CT molecular complexity index is 96.7. The van der Waals surface area contributed by atoms with Crippen LogP contribution in [-0.2, 0) is 4.79 Å². The van der Waals surface area contributed by atoms with Crippen molar-refractivity contribution in [3.63, 3.8) is 0 Å². The maximum Gasteiger partial charge on any atom is 0.156 e. The van der Waals surface area contributed by atoms with Gasteiger partial charge in [-0.25, -0.2) is 0 Å². The Hall–Kier alpha value is -0.630. The summed E-state index contributed by atoms with van der Waals surface area (Å²) in [6.45, 7) is 2.26. The van der Waals surface area contributed by atoms with Crippen molar-refractivity contribution in [3.8, 4) is 0 Å². The molecule has 8 heavy (non-hydrogen) atoms. The molecule has 2 heteroatoms. The fourth-order valence-electron chi connectivity index (χ4n) is 0.411. The third kappa shape index (κ3) is 3.56. The summed E-state index contributed by atoms with van der Waals surface area (Å²) in [5.41, 5.74) is 5.10. The van der Waals surface area contributed by atoms with Gasteiger partial charge >= 0.3 is 0 Å². The molecule has 0 atom stereocenters. The number of carbonyl (C=O) groups excluding carboxylic acids is 1. The molecule has 0 saturated carbocycles. The first-order valence-electron chi connectivity index (χ1n) is 2.67. The van der Waals surface area contributed by atoms with Gasteiger partial charge in [0.2, 0.25) is 0 Å². The predicted octanol–water partition coefficient (Wildman–Crippen LogP) is 0.480. The highest BCUT2D eigenvalue weighted by molar-refractivity contribution is 5.89. The number of rotatable bonds is 3. The quantitative estimate of drug-likeness (QED) is 0.541. The number of allylic oxidation sites excluding steroid dienone is 2. The largest absolute Gasteiger partial charge is 0.330 e. The van der Waals surface area contributed by atoms with Crippen molar-refractivity contribution >= 4 is 5.78 Å². The molecule has 0 aliphatic rings. The lowest BCUT2D eigenvalue weighted by Gasteiger charge is -1.85. The van der Waals surface area contributed by atoms with Gasteiger partial charge in [-0.15, -0.1) is 0 Å². The number of ketones is 1. The minimum Gasteiger partial charge on any atom is -0.330 e. The zero-order chi connectivity index (χ0) is 6.41. The average molecular weight is 113 g/mol. The summed E-state index contributed by atoms with van der Waals surface area (Å²) < 4.78 is 0. The molecule has 46 valence electrons. The van der Waals surface area contributed by atoms with Crippen LogP contribution in [0.15, 0.2) is 12.2 Å². The molecule has 0 radical (unpaired) electrons. The molecule has 0 amide bonds. The Balaban J connectivity index is 3.33. The van der Waals surface area contributed by atoms with Gasteiger partial charge in [-0.3, -0.25) is 4.79 Å². The van der Waals surface area contributed by atoms with Crippen molar-refractivity contribution in [2.45, 2.75) is 13.3 Å².